The summed E-state index contributed by atoms with van der Waals surface area (Å²) in [6.07, 6.45) is 3.78. The quantitative estimate of drug-likeness (QED) is 0.839. The molecule has 0 fully saturated rings. The van der Waals surface area contributed by atoms with Gasteiger partial charge in [-0.25, -0.2) is 0 Å². The Morgan fingerprint density at radius 1 is 1.21 bits per heavy atom. The Kier molecular flexibility index (Phi) is 4.80. The lowest BCUT2D eigenvalue weighted by molar-refractivity contribution is 0.448. The van der Waals surface area contributed by atoms with Crippen molar-refractivity contribution >= 4 is 0 Å². The third-order valence-electron chi connectivity index (χ3n) is 3.43. The second-order valence-corrected chi connectivity index (χ2v) is 5.15. The Labute approximate surface area is 115 Å². The Morgan fingerprint density at radius 2 is 2.05 bits per heavy atom. The first-order valence-corrected chi connectivity index (χ1v) is 7.03. The van der Waals surface area contributed by atoms with E-state index in [0.717, 1.165) is 25.1 Å². The van der Waals surface area contributed by atoms with Crippen LogP contribution >= 0.6 is 0 Å². The number of benzene rings is 1. The van der Waals surface area contributed by atoms with Crippen molar-refractivity contribution in [3.63, 3.8) is 0 Å². The Morgan fingerprint density at radius 3 is 2.68 bits per heavy atom. The smallest absolute Gasteiger partial charge is 0.105 e. The molecule has 19 heavy (non-hydrogen) atoms. The van der Waals surface area contributed by atoms with E-state index in [1.54, 1.807) is 6.26 Å². The molecule has 0 saturated carbocycles. The zero-order valence-corrected chi connectivity index (χ0v) is 12.1. The molecular weight excluding hydrogens is 234 g/mol. The van der Waals surface area contributed by atoms with Crippen LogP contribution in [0.4, 0.5) is 0 Å². The molecule has 1 unspecified atom stereocenters. The van der Waals surface area contributed by atoms with Gasteiger partial charge < -0.3 is 9.73 Å². The van der Waals surface area contributed by atoms with Crippen molar-refractivity contribution in [2.24, 2.45) is 0 Å². The number of nitrogens with one attached hydrogen (secondary N) is 1. The molecule has 1 heterocycles. The SMILES string of the molecule is CCCNC(Cc1ccco1)c1ccc(C)cc1C. The summed E-state index contributed by atoms with van der Waals surface area (Å²) in [5.41, 5.74) is 4.03. The van der Waals surface area contributed by atoms with Gasteiger partial charge in [0, 0.05) is 12.5 Å². The monoisotopic (exact) mass is 257 g/mol. The van der Waals surface area contributed by atoms with E-state index in [1.807, 2.05) is 12.1 Å². The van der Waals surface area contributed by atoms with E-state index in [1.165, 1.54) is 16.7 Å². The molecule has 0 aliphatic rings. The maximum atomic E-state index is 5.49. The van der Waals surface area contributed by atoms with Gasteiger partial charge >= 0.3 is 0 Å². The molecule has 0 saturated heterocycles. The minimum atomic E-state index is 0.326. The number of aryl methyl sites for hydroxylation is 2. The molecule has 2 aromatic rings. The number of furan rings is 1. The lowest BCUT2D eigenvalue weighted by atomic mass is 9.96. The van der Waals surface area contributed by atoms with Crippen molar-refractivity contribution in [3.05, 3.63) is 59.0 Å². The molecule has 0 aliphatic heterocycles. The highest BCUT2D eigenvalue weighted by Gasteiger charge is 2.15. The first-order valence-electron chi connectivity index (χ1n) is 7.03. The van der Waals surface area contributed by atoms with Crippen LogP contribution in [0.1, 0.15) is 41.8 Å². The van der Waals surface area contributed by atoms with Crippen molar-refractivity contribution in [2.45, 2.75) is 39.7 Å². The van der Waals surface area contributed by atoms with Gasteiger partial charge in [-0.05, 0) is 50.1 Å². The molecule has 0 amide bonds. The van der Waals surface area contributed by atoms with Crippen LogP contribution in [-0.2, 0) is 6.42 Å². The summed E-state index contributed by atoms with van der Waals surface area (Å²) in [5, 5.41) is 3.62. The Bertz CT molecular complexity index is 502. The van der Waals surface area contributed by atoms with Crippen molar-refractivity contribution < 1.29 is 4.42 Å². The normalized spacial score (nSPS) is 12.6. The van der Waals surface area contributed by atoms with E-state index in [4.69, 9.17) is 4.42 Å². The predicted octanol–water partition coefficient (Wildman–Crippen LogP) is 4.18. The predicted molar refractivity (Wildman–Crippen MR) is 79.4 cm³/mol. The molecule has 1 aromatic carbocycles. The second kappa shape index (κ2) is 6.58. The number of hydrogen-bond acceptors (Lipinski definition) is 2. The maximum absolute atomic E-state index is 5.49. The minimum Gasteiger partial charge on any atom is -0.469 e. The van der Waals surface area contributed by atoms with Gasteiger partial charge in [0.1, 0.15) is 5.76 Å². The zero-order valence-electron chi connectivity index (χ0n) is 12.1. The standard InChI is InChI=1S/C17H23NO/c1-4-9-18-17(12-15-6-5-10-19-15)16-8-7-13(2)11-14(16)3/h5-8,10-11,17-18H,4,9,12H2,1-3H3. The fourth-order valence-corrected chi connectivity index (χ4v) is 2.46. The molecule has 0 aliphatic carbocycles. The number of rotatable bonds is 6. The molecule has 0 radical (unpaired) electrons. The average Bonchev–Trinajstić information content (AvgIpc) is 2.88. The first kappa shape index (κ1) is 13.9. The van der Waals surface area contributed by atoms with E-state index >= 15 is 0 Å². The maximum Gasteiger partial charge on any atom is 0.105 e. The van der Waals surface area contributed by atoms with Gasteiger partial charge in [0.2, 0.25) is 0 Å². The average molecular weight is 257 g/mol. The van der Waals surface area contributed by atoms with Crippen LogP contribution in [0.3, 0.4) is 0 Å². The summed E-state index contributed by atoms with van der Waals surface area (Å²) in [4.78, 5) is 0. The number of hydrogen-bond donors (Lipinski definition) is 1. The molecule has 1 aromatic heterocycles. The molecular formula is C17H23NO. The topological polar surface area (TPSA) is 25.2 Å². The van der Waals surface area contributed by atoms with E-state index in [9.17, 15) is 0 Å². The molecule has 2 rings (SSSR count). The highest BCUT2D eigenvalue weighted by atomic mass is 16.3. The van der Waals surface area contributed by atoms with E-state index in [-0.39, 0.29) is 0 Å². The van der Waals surface area contributed by atoms with Gasteiger partial charge in [-0.2, -0.15) is 0 Å². The summed E-state index contributed by atoms with van der Waals surface area (Å²) in [6, 6.07) is 11.0. The van der Waals surface area contributed by atoms with Crippen LogP contribution in [0.25, 0.3) is 0 Å². The molecule has 0 spiro atoms. The molecule has 102 valence electrons. The van der Waals surface area contributed by atoms with Gasteiger partial charge in [0.05, 0.1) is 6.26 Å². The molecule has 2 heteroatoms. The van der Waals surface area contributed by atoms with E-state index in [2.05, 4.69) is 44.3 Å². The summed E-state index contributed by atoms with van der Waals surface area (Å²) in [5.74, 6) is 1.04. The van der Waals surface area contributed by atoms with Crippen molar-refractivity contribution in [2.75, 3.05) is 6.54 Å². The molecule has 1 N–H and O–H groups in total. The largest absolute Gasteiger partial charge is 0.469 e. The third-order valence-corrected chi connectivity index (χ3v) is 3.43. The van der Waals surface area contributed by atoms with Crippen LogP contribution < -0.4 is 5.32 Å². The van der Waals surface area contributed by atoms with Crippen molar-refractivity contribution in [1.29, 1.82) is 0 Å². The van der Waals surface area contributed by atoms with Crippen LogP contribution in [0, 0.1) is 13.8 Å². The Balaban J connectivity index is 2.20. The summed E-state index contributed by atoms with van der Waals surface area (Å²) < 4.78 is 5.49. The van der Waals surface area contributed by atoms with Gasteiger partial charge in [0.15, 0.2) is 0 Å². The molecule has 1 atom stereocenters. The van der Waals surface area contributed by atoms with Gasteiger partial charge in [-0.15, -0.1) is 0 Å². The van der Waals surface area contributed by atoms with Crippen LogP contribution in [0.15, 0.2) is 41.0 Å². The summed E-state index contributed by atoms with van der Waals surface area (Å²) >= 11 is 0. The summed E-state index contributed by atoms with van der Waals surface area (Å²) in [6.45, 7) is 7.54. The van der Waals surface area contributed by atoms with Gasteiger partial charge in [-0.1, -0.05) is 30.7 Å². The van der Waals surface area contributed by atoms with Crippen LogP contribution in [-0.4, -0.2) is 6.54 Å². The third kappa shape index (κ3) is 3.71. The van der Waals surface area contributed by atoms with Crippen LogP contribution in [0.5, 0.6) is 0 Å². The highest BCUT2D eigenvalue weighted by molar-refractivity contribution is 5.33. The highest BCUT2D eigenvalue weighted by Crippen LogP contribution is 2.23. The van der Waals surface area contributed by atoms with E-state index < -0.39 is 0 Å². The first-order chi connectivity index (χ1) is 9.20. The lowest BCUT2D eigenvalue weighted by Gasteiger charge is -2.20. The van der Waals surface area contributed by atoms with Gasteiger partial charge in [-0.3, -0.25) is 0 Å². The molecule has 2 nitrogen and oxygen atoms in total. The lowest BCUT2D eigenvalue weighted by Crippen LogP contribution is -2.24. The fourth-order valence-electron chi connectivity index (χ4n) is 2.46. The second-order valence-electron chi connectivity index (χ2n) is 5.15. The summed E-state index contributed by atoms with van der Waals surface area (Å²) in [7, 11) is 0. The molecule has 0 bridgehead atoms. The minimum absolute atomic E-state index is 0.326. The van der Waals surface area contributed by atoms with Crippen molar-refractivity contribution in [1.82, 2.24) is 5.32 Å². The fraction of sp³-hybridized carbons (Fsp3) is 0.412. The van der Waals surface area contributed by atoms with Gasteiger partial charge in [0.25, 0.3) is 0 Å². The Hall–Kier alpha value is -1.54. The van der Waals surface area contributed by atoms with E-state index in [0.29, 0.717) is 6.04 Å². The zero-order chi connectivity index (χ0) is 13.7. The van der Waals surface area contributed by atoms with Crippen molar-refractivity contribution in [3.8, 4) is 0 Å². The van der Waals surface area contributed by atoms with Crippen LogP contribution in [0.2, 0.25) is 0 Å².